The summed E-state index contributed by atoms with van der Waals surface area (Å²) in [5.41, 5.74) is 0.681. The van der Waals surface area contributed by atoms with Crippen LogP contribution in [0.15, 0.2) is 70.6 Å². The van der Waals surface area contributed by atoms with Gasteiger partial charge in [0.05, 0.1) is 23.7 Å². The number of rotatable bonds is 5. The lowest BCUT2D eigenvalue weighted by atomic mass is 10.2. The molecular formula is C22H19N5O4. The van der Waals surface area contributed by atoms with E-state index in [-0.39, 0.29) is 29.0 Å². The molecule has 0 saturated carbocycles. The van der Waals surface area contributed by atoms with Crippen molar-refractivity contribution in [1.82, 2.24) is 24.4 Å². The average molecular weight is 417 g/mol. The molecule has 4 aromatic rings. The third-order valence-electron chi connectivity index (χ3n) is 4.86. The van der Waals surface area contributed by atoms with Crippen LogP contribution in [-0.4, -0.2) is 32.1 Å². The van der Waals surface area contributed by atoms with Crippen LogP contribution >= 0.6 is 0 Å². The molecule has 0 spiro atoms. The van der Waals surface area contributed by atoms with Gasteiger partial charge in [-0.1, -0.05) is 6.07 Å². The Morgan fingerprint density at radius 3 is 2.58 bits per heavy atom. The van der Waals surface area contributed by atoms with Gasteiger partial charge in [-0.05, 0) is 42.0 Å². The molecule has 3 aromatic heterocycles. The van der Waals surface area contributed by atoms with E-state index >= 15 is 0 Å². The summed E-state index contributed by atoms with van der Waals surface area (Å²) in [6.07, 6.45) is 4.65. The molecule has 156 valence electrons. The number of nitrogens with one attached hydrogen (secondary N) is 1. The first-order chi connectivity index (χ1) is 15.0. The summed E-state index contributed by atoms with van der Waals surface area (Å²) in [4.78, 5) is 46.4. The first kappa shape index (κ1) is 20.0. The first-order valence-corrected chi connectivity index (χ1v) is 9.43. The predicted octanol–water partition coefficient (Wildman–Crippen LogP) is 1.42. The van der Waals surface area contributed by atoms with Crippen LogP contribution in [0.2, 0.25) is 0 Å². The molecular weight excluding hydrogens is 398 g/mol. The van der Waals surface area contributed by atoms with Crippen molar-refractivity contribution in [1.29, 1.82) is 0 Å². The van der Waals surface area contributed by atoms with Crippen molar-refractivity contribution in [3.8, 4) is 11.4 Å². The minimum absolute atomic E-state index is 0.159. The Balaban J connectivity index is 1.76. The Hall–Kier alpha value is -4.27. The fourth-order valence-electron chi connectivity index (χ4n) is 3.18. The van der Waals surface area contributed by atoms with Crippen molar-refractivity contribution in [3.05, 3.63) is 93.0 Å². The van der Waals surface area contributed by atoms with Gasteiger partial charge in [0, 0.05) is 32.2 Å². The number of carbonyl (C=O) groups excluding carboxylic acids is 1. The zero-order valence-corrected chi connectivity index (χ0v) is 16.9. The molecule has 1 aromatic carbocycles. The molecule has 9 heteroatoms. The summed E-state index contributed by atoms with van der Waals surface area (Å²) < 4.78 is 7.47. The zero-order valence-electron chi connectivity index (χ0n) is 16.9. The smallest absolute Gasteiger partial charge is 0.337 e. The SMILES string of the molecule is COc1ccc(-n2c(=O)n(C)c(=O)c3cc(C(=O)NCc4cccnc4)cnc32)cc1. The molecule has 0 radical (unpaired) electrons. The summed E-state index contributed by atoms with van der Waals surface area (Å²) in [6, 6.07) is 11.9. The van der Waals surface area contributed by atoms with Gasteiger partial charge in [0.25, 0.3) is 11.5 Å². The second-order valence-electron chi connectivity index (χ2n) is 6.82. The predicted molar refractivity (Wildman–Crippen MR) is 115 cm³/mol. The van der Waals surface area contributed by atoms with Gasteiger partial charge in [-0.15, -0.1) is 0 Å². The van der Waals surface area contributed by atoms with Crippen LogP contribution < -0.4 is 21.3 Å². The lowest BCUT2D eigenvalue weighted by Gasteiger charge is -2.12. The number of ether oxygens (including phenoxy) is 1. The molecule has 0 unspecified atom stereocenters. The number of nitrogens with zero attached hydrogens (tertiary/aromatic N) is 4. The van der Waals surface area contributed by atoms with Crippen LogP contribution in [0, 0.1) is 0 Å². The highest BCUT2D eigenvalue weighted by molar-refractivity contribution is 5.96. The van der Waals surface area contributed by atoms with Gasteiger partial charge >= 0.3 is 5.69 Å². The summed E-state index contributed by atoms with van der Waals surface area (Å²) in [5.74, 6) is 0.244. The van der Waals surface area contributed by atoms with Crippen molar-refractivity contribution < 1.29 is 9.53 Å². The van der Waals surface area contributed by atoms with E-state index in [9.17, 15) is 14.4 Å². The normalized spacial score (nSPS) is 10.8. The van der Waals surface area contributed by atoms with Crippen LogP contribution in [0.1, 0.15) is 15.9 Å². The van der Waals surface area contributed by atoms with Gasteiger partial charge in [-0.25, -0.2) is 14.3 Å². The van der Waals surface area contributed by atoms with Gasteiger partial charge in [-0.3, -0.25) is 19.1 Å². The van der Waals surface area contributed by atoms with Crippen molar-refractivity contribution in [2.75, 3.05) is 7.11 Å². The van der Waals surface area contributed by atoms with E-state index < -0.39 is 11.2 Å². The monoisotopic (exact) mass is 417 g/mol. The van der Waals surface area contributed by atoms with E-state index in [1.165, 1.54) is 23.9 Å². The Morgan fingerprint density at radius 2 is 1.90 bits per heavy atom. The van der Waals surface area contributed by atoms with Crippen LogP contribution in [0.5, 0.6) is 5.75 Å². The number of carbonyl (C=O) groups is 1. The molecule has 0 atom stereocenters. The maximum Gasteiger partial charge on any atom is 0.337 e. The van der Waals surface area contributed by atoms with Crippen LogP contribution in [0.25, 0.3) is 16.7 Å². The topological polar surface area (TPSA) is 108 Å². The van der Waals surface area contributed by atoms with Gasteiger partial charge in [-0.2, -0.15) is 0 Å². The third-order valence-corrected chi connectivity index (χ3v) is 4.86. The van der Waals surface area contributed by atoms with Crippen molar-refractivity contribution in [3.63, 3.8) is 0 Å². The van der Waals surface area contributed by atoms with Gasteiger partial charge in [0.15, 0.2) is 5.65 Å². The second-order valence-corrected chi connectivity index (χ2v) is 6.82. The highest BCUT2D eigenvalue weighted by Gasteiger charge is 2.16. The Bertz CT molecular complexity index is 1380. The lowest BCUT2D eigenvalue weighted by molar-refractivity contribution is 0.0950. The Kier molecular flexibility index (Phi) is 5.31. The van der Waals surface area contributed by atoms with Crippen LogP contribution in [0.4, 0.5) is 0 Å². The molecule has 0 bridgehead atoms. The molecule has 0 aliphatic rings. The summed E-state index contributed by atoms with van der Waals surface area (Å²) >= 11 is 0. The quantitative estimate of drug-likeness (QED) is 0.526. The standard InChI is InChI=1S/C22H19N5O4/c1-26-21(29)18-10-15(20(28)25-12-14-4-3-9-23-11-14)13-24-19(18)27(22(26)30)16-5-7-17(31-2)8-6-16/h3-11,13H,12H2,1-2H3,(H,25,28). The number of benzene rings is 1. The number of hydrogen-bond donors (Lipinski definition) is 1. The van der Waals surface area contributed by atoms with Crippen molar-refractivity contribution >= 4 is 16.9 Å². The van der Waals surface area contributed by atoms with E-state index in [1.54, 1.807) is 49.8 Å². The average Bonchev–Trinajstić information content (AvgIpc) is 2.82. The maximum absolute atomic E-state index is 12.8. The zero-order chi connectivity index (χ0) is 22.0. The van der Waals surface area contributed by atoms with E-state index in [0.717, 1.165) is 10.1 Å². The largest absolute Gasteiger partial charge is 0.497 e. The Labute approximate surface area is 176 Å². The number of pyridine rings is 2. The van der Waals surface area contributed by atoms with Gasteiger partial charge in [0.1, 0.15) is 5.75 Å². The summed E-state index contributed by atoms with van der Waals surface area (Å²) in [7, 11) is 2.94. The molecule has 0 saturated heterocycles. The highest BCUT2D eigenvalue weighted by Crippen LogP contribution is 2.17. The number of methoxy groups -OCH3 is 1. The van der Waals surface area contributed by atoms with Gasteiger partial charge in [0.2, 0.25) is 0 Å². The minimum atomic E-state index is -0.538. The highest BCUT2D eigenvalue weighted by atomic mass is 16.5. The molecule has 0 fully saturated rings. The number of fused-ring (bicyclic) bond motifs is 1. The molecule has 0 aliphatic heterocycles. The molecule has 9 nitrogen and oxygen atoms in total. The lowest BCUT2D eigenvalue weighted by Crippen LogP contribution is -2.38. The van der Waals surface area contributed by atoms with Crippen LogP contribution in [0.3, 0.4) is 0 Å². The molecule has 31 heavy (non-hydrogen) atoms. The number of aromatic nitrogens is 4. The summed E-state index contributed by atoms with van der Waals surface area (Å²) in [5, 5.41) is 2.93. The number of hydrogen-bond acceptors (Lipinski definition) is 6. The van der Waals surface area contributed by atoms with E-state index in [4.69, 9.17) is 4.74 Å². The van der Waals surface area contributed by atoms with Crippen molar-refractivity contribution in [2.45, 2.75) is 6.54 Å². The fraction of sp³-hybridized carbons (Fsp3) is 0.136. The third kappa shape index (κ3) is 3.80. The number of amides is 1. The van der Waals surface area contributed by atoms with E-state index in [0.29, 0.717) is 11.4 Å². The van der Waals surface area contributed by atoms with E-state index in [1.807, 2.05) is 6.07 Å². The van der Waals surface area contributed by atoms with E-state index in [2.05, 4.69) is 15.3 Å². The molecule has 4 rings (SSSR count). The maximum atomic E-state index is 12.8. The fourth-order valence-corrected chi connectivity index (χ4v) is 3.18. The molecule has 0 aliphatic carbocycles. The minimum Gasteiger partial charge on any atom is -0.497 e. The Morgan fingerprint density at radius 1 is 1.13 bits per heavy atom. The van der Waals surface area contributed by atoms with Crippen molar-refractivity contribution in [2.24, 2.45) is 7.05 Å². The van der Waals surface area contributed by atoms with Crippen LogP contribution in [-0.2, 0) is 13.6 Å². The second kappa shape index (κ2) is 8.23. The summed E-state index contributed by atoms with van der Waals surface area (Å²) in [6.45, 7) is 0.286. The molecule has 1 N–H and O–H groups in total. The molecule has 3 heterocycles. The molecule has 1 amide bonds. The first-order valence-electron chi connectivity index (χ1n) is 9.43. The van der Waals surface area contributed by atoms with Gasteiger partial charge < -0.3 is 10.1 Å².